The standard InChI is InChI=1S/C15H13F2N3O3/c16-15(17)23-12-4-2-1-3-11(12)20-14(22)13(21)19-9-10-5-7-18-8-6-10/h1-8,15H,9H2,(H,19,21)(H,20,22). The topological polar surface area (TPSA) is 80.3 Å². The van der Waals surface area contributed by atoms with E-state index in [2.05, 4.69) is 20.4 Å². The minimum absolute atomic E-state index is 0.0168. The fraction of sp³-hybridized carbons (Fsp3) is 0.133. The zero-order valence-electron chi connectivity index (χ0n) is 11.8. The number of pyridine rings is 1. The van der Waals surface area contributed by atoms with E-state index in [1.807, 2.05) is 0 Å². The van der Waals surface area contributed by atoms with Crippen LogP contribution < -0.4 is 15.4 Å². The number of carbonyl (C=O) groups is 2. The minimum Gasteiger partial charge on any atom is -0.433 e. The van der Waals surface area contributed by atoms with Gasteiger partial charge in [0.05, 0.1) is 5.69 Å². The Morgan fingerprint density at radius 1 is 1.09 bits per heavy atom. The Balaban J connectivity index is 1.95. The number of anilines is 1. The number of hydrogen-bond donors (Lipinski definition) is 2. The van der Waals surface area contributed by atoms with Gasteiger partial charge < -0.3 is 15.4 Å². The molecule has 0 spiro atoms. The second-order valence-electron chi connectivity index (χ2n) is 4.37. The van der Waals surface area contributed by atoms with Crippen LogP contribution in [0.1, 0.15) is 5.56 Å². The summed E-state index contributed by atoms with van der Waals surface area (Å²) in [5.74, 6) is -2.10. The lowest BCUT2D eigenvalue weighted by molar-refractivity contribution is -0.136. The van der Waals surface area contributed by atoms with Gasteiger partial charge >= 0.3 is 18.4 Å². The molecule has 0 unspecified atom stereocenters. The molecule has 120 valence electrons. The molecule has 0 fully saturated rings. The van der Waals surface area contributed by atoms with E-state index in [4.69, 9.17) is 0 Å². The fourth-order valence-electron chi connectivity index (χ4n) is 1.71. The maximum atomic E-state index is 12.3. The van der Waals surface area contributed by atoms with Crippen molar-refractivity contribution in [3.63, 3.8) is 0 Å². The molecule has 2 aromatic rings. The van der Waals surface area contributed by atoms with Gasteiger partial charge in [-0.05, 0) is 29.8 Å². The monoisotopic (exact) mass is 321 g/mol. The molecule has 0 aliphatic heterocycles. The van der Waals surface area contributed by atoms with Crippen molar-refractivity contribution in [2.45, 2.75) is 13.2 Å². The van der Waals surface area contributed by atoms with Crippen molar-refractivity contribution in [1.29, 1.82) is 0 Å². The highest BCUT2D eigenvalue weighted by molar-refractivity contribution is 6.39. The number of alkyl halides is 2. The summed E-state index contributed by atoms with van der Waals surface area (Å²) >= 11 is 0. The first kappa shape index (κ1) is 16.3. The molecule has 2 amide bonds. The highest BCUT2D eigenvalue weighted by Gasteiger charge is 2.16. The van der Waals surface area contributed by atoms with Crippen LogP contribution in [-0.4, -0.2) is 23.4 Å². The van der Waals surface area contributed by atoms with Crippen LogP contribution in [0.25, 0.3) is 0 Å². The Morgan fingerprint density at radius 2 is 1.78 bits per heavy atom. The van der Waals surface area contributed by atoms with Crippen LogP contribution in [0.4, 0.5) is 14.5 Å². The Kier molecular flexibility index (Phi) is 5.56. The lowest BCUT2D eigenvalue weighted by atomic mass is 10.2. The fourth-order valence-corrected chi connectivity index (χ4v) is 1.71. The SMILES string of the molecule is O=C(NCc1ccncc1)C(=O)Nc1ccccc1OC(F)F. The highest BCUT2D eigenvalue weighted by Crippen LogP contribution is 2.25. The van der Waals surface area contributed by atoms with Gasteiger partial charge in [0.15, 0.2) is 0 Å². The van der Waals surface area contributed by atoms with Crippen molar-refractivity contribution in [1.82, 2.24) is 10.3 Å². The summed E-state index contributed by atoms with van der Waals surface area (Å²) in [4.78, 5) is 27.3. The summed E-state index contributed by atoms with van der Waals surface area (Å²) in [6.07, 6.45) is 3.11. The van der Waals surface area contributed by atoms with E-state index in [1.165, 1.54) is 24.3 Å². The first-order valence-electron chi connectivity index (χ1n) is 6.58. The molecule has 0 aliphatic rings. The van der Waals surface area contributed by atoms with E-state index >= 15 is 0 Å². The highest BCUT2D eigenvalue weighted by atomic mass is 19.3. The largest absolute Gasteiger partial charge is 0.433 e. The average Bonchev–Trinajstić information content (AvgIpc) is 2.55. The number of amides is 2. The molecule has 0 radical (unpaired) electrons. The van der Waals surface area contributed by atoms with E-state index in [-0.39, 0.29) is 18.0 Å². The zero-order valence-corrected chi connectivity index (χ0v) is 11.8. The number of aromatic nitrogens is 1. The molecule has 0 aliphatic carbocycles. The van der Waals surface area contributed by atoms with Crippen LogP contribution >= 0.6 is 0 Å². The predicted octanol–water partition coefficient (Wildman–Crippen LogP) is 1.94. The van der Waals surface area contributed by atoms with Crippen molar-refractivity contribution in [3.8, 4) is 5.75 Å². The summed E-state index contributed by atoms with van der Waals surface area (Å²) in [6.45, 7) is -2.89. The molecule has 0 bridgehead atoms. The molecule has 2 N–H and O–H groups in total. The third-order valence-electron chi connectivity index (χ3n) is 2.76. The number of nitrogens with zero attached hydrogens (tertiary/aromatic N) is 1. The van der Waals surface area contributed by atoms with E-state index in [1.54, 1.807) is 24.5 Å². The first-order valence-corrected chi connectivity index (χ1v) is 6.58. The van der Waals surface area contributed by atoms with Crippen molar-refractivity contribution in [2.75, 3.05) is 5.32 Å². The van der Waals surface area contributed by atoms with Crippen molar-refractivity contribution >= 4 is 17.5 Å². The smallest absolute Gasteiger partial charge is 0.387 e. The van der Waals surface area contributed by atoms with Crippen molar-refractivity contribution in [2.24, 2.45) is 0 Å². The third kappa shape index (κ3) is 5.03. The summed E-state index contributed by atoms with van der Waals surface area (Å²) in [5, 5.41) is 4.64. The maximum absolute atomic E-state index is 12.3. The molecule has 2 rings (SSSR count). The van der Waals surface area contributed by atoms with Crippen LogP contribution in [0.3, 0.4) is 0 Å². The lowest BCUT2D eigenvalue weighted by Gasteiger charge is -2.11. The van der Waals surface area contributed by atoms with Gasteiger partial charge in [-0.3, -0.25) is 14.6 Å². The molecule has 6 nitrogen and oxygen atoms in total. The zero-order chi connectivity index (χ0) is 16.7. The van der Waals surface area contributed by atoms with Gasteiger partial charge in [-0.2, -0.15) is 8.78 Å². The molecular formula is C15H13F2N3O3. The molecule has 8 heteroatoms. The third-order valence-corrected chi connectivity index (χ3v) is 2.76. The Bertz CT molecular complexity index is 681. The first-order chi connectivity index (χ1) is 11.1. The normalized spacial score (nSPS) is 10.2. The van der Waals surface area contributed by atoms with Crippen LogP contribution in [0, 0.1) is 0 Å². The molecule has 1 aromatic carbocycles. The van der Waals surface area contributed by atoms with Gasteiger partial charge in [-0.25, -0.2) is 0 Å². The summed E-state index contributed by atoms with van der Waals surface area (Å²) in [6, 6.07) is 8.97. The minimum atomic E-state index is -3.03. The van der Waals surface area contributed by atoms with Gasteiger partial charge in [0.25, 0.3) is 0 Å². The molecule has 23 heavy (non-hydrogen) atoms. The number of para-hydroxylation sites is 2. The Hall–Kier alpha value is -3.03. The summed E-state index contributed by atoms with van der Waals surface area (Å²) in [7, 11) is 0. The number of ether oxygens (including phenoxy) is 1. The van der Waals surface area contributed by atoms with Gasteiger partial charge in [0.1, 0.15) is 5.75 Å². The summed E-state index contributed by atoms with van der Waals surface area (Å²) in [5.41, 5.74) is 0.749. The van der Waals surface area contributed by atoms with Crippen LogP contribution in [0.2, 0.25) is 0 Å². The second kappa shape index (κ2) is 7.83. The molecule has 1 aromatic heterocycles. The van der Waals surface area contributed by atoms with E-state index in [0.717, 1.165) is 5.56 Å². The molecule has 1 heterocycles. The molecule has 0 saturated heterocycles. The molecular weight excluding hydrogens is 308 g/mol. The van der Waals surface area contributed by atoms with Crippen molar-refractivity contribution < 1.29 is 23.1 Å². The second-order valence-corrected chi connectivity index (χ2v) is 4.37. The van der Waals surface area contributed by atoms with Crippen LogP contribution in [0.15, 0.2) is 48.8 Å². The van der Waals surface area contributed by atoms with E-state index in [9.17, 15) is 18.4 Å². The molecule has 0 saturated carbocycles. The van der Waals surface area contributed by atoms with Gasteiger partial charge in [-0.1, -0.05) is 12.1 Å². The van der Waals surface area contributed by atoms with E-state index in [0.29, 0.717) is 0 Å². The number of hydrogen-bond acceptors (Lipinski definition) is 4. The number of rotatable bonds is 5. The quantitative estimate of drug-likeness (QED) is 0.825. The Labute approximate surface area is 130 Å². The maximum Gasteiger partial charge on any atom is 0.387 e. The number of nitrogens with one attached hydrogen (secondary N) is 2. The predicted molar refractivity (Wildman–Crippen MR) is 77.8 cm³/mol. The Morgan fingerprint density at radius 3 is 2.48 bits per heavy atom. The number of carbonyl (C=O) groups excluding carboxylic acids is 2. The van der Waals surface area contributed by atoms with Crippen LogP contribution in [-0.2, 0) is 16.1 Å². The van der Waals surface area contributed by atoms with Gasteiger partial charge in [0.2, 0.25) is 0 Å². The van der Waals surface area contributed by atoms with E-state index < -0.39 is 18.4 Å². The number of halogens is 2. The molecule has 0 atom stereocenters. The number of benzene rings is 1. The lowest BCUT2D eigenvalue weighted by Crippen LogP contribution is -2.35. The van der Waals surface area contributed by atoms with Gasteiger partial charge in [-0.15, -0.1) is 0 Å². The van der Waals surface area contributed by atoms with Gasteiger partial charge in [0, 0.05) is 18.9 Å². The van der Waals surface area contributed by atoms with Crippen LogP contribution in [0.5, 0.6) is 5.75 Å². The van der Waals surface area contributed by atoms with Crippen molar-refractivity contribution in [3.05, 3.63) is 54.4 Å². The average molecular weight is 321 g/mol. The summed E-state index contributed by atoms with van der Waals surface area (Å²) < 4.78 is 28.8.